The molecule has 0 fully saturated rings. The second kappa shape index (κ2) is 11.4. The monoisotopic (exact) mass is 504 g/mol. The van der Waals surface area contributed by atoms with Crippen LogP contribution in [0.2, 0.25) is 0 Å². The van der Waals surface area contributed by atoms with Gasteiger partial charge in [-0.2, -0.15) is 18.3 Å². The number of carbonyl (C=O) groups excluding carboxylic acids is 3. The molecule has 3 rings (SSSR count). The van der Waals surface area contributed by atoms with E-state index in [1.165, 1.54) is 24.3 Å². The highest BCUT2D eigenvalue weighted by molar-refractivity contribution is 5.98. The van der Waals surface area contributed by atoms with Crippen LogP contribution in [0.3, 0.4) is 0 Å². The van der Waals surface area contributed by atoms with Crippen molar-refractivity contribution < 1.29 is 37.0 Å². The van der Waals surface area contributed by atoms with Crippen LogP contribution < -0.4 is 15.4 Å². The fraction of sp³-hybridized carbons (Fsp3) is 0.250. The van der Waals surface area contributed by atoms with Crippen LogP contribution in [0.15, 0.2) is 60.8 Å². The lowest BCUT2D eigenvalue weighted by atomic mass is 10.1. The molecule has 36 heavy (non-hydrogen) atoms. The Kier molecular flexibility index (Phi) is 8.30. The summed E-state index contributed by atoms with van der Waals surface area (Å²) in [6.07, 6.45) is -3.96. The average molecular weight is 504 g/mol. The highest BCUT2D eigenvalue weighted by Crippen LogP contribution is 2.31. The van der Waals surface area contributed by atoms with Crippen LogP contribution in [-0.4, -0.2) is 53.9 Å². The summed E-state index contributed by atoms with van der Waals surface area (Å²) in [6.45, 7) is 1.72. The van der Waals surface area contributed by atoms with Crippen LogP contribution in [-0.2, 0) is 15.7 Å². The maximum atomic E-state index is 13.6. The summed E-state index contributed by atoms with van der Waals surface area (Å²) in [6, 6.07) is 12.7. The number of alkyl halides is 3. The molecule has 0 aliphatic heterocycles. The number of ether oxygens (including phenoxy) is 2. The van der Waals surface area contributed by atoms with Crippen molar-refractivity contribution in [2.75, 3.05) is 20.3 Å². The summed E-state index contributed by atoms with van der Waals surface area (Å²) in [5, 5.41) is 8.17. The Morgan fingerprint density at radius 3 is 2.28 bits per heavy atom. The lowest BCUT2D eigenvalue weighted by molar-refractivity contribution is -0.143. The van der Waals surface area contributed by atoms with E-state index in [0.29, 0.717) is 18.0 Å². The van der Waals surface area contributed by atoms with Gasteiger partial charge >= 0.3 is 12.1 Å². The third-order valence-corrected chi connectivity index (χ3v) is 4.93. The molecule has 0 saturated carbocycles. The molecule has 190 valence electrons. The summed E-state index contributed by atoms with van der Waals surface area (Å²) in [5.41, 5.74) is -1.62. The summed E-state index contributed by atoms with van der Waals surface area (Å²) in [7, 11) is 1.08. The molecule has 0 saturated heterocycles. The molecule has 9 nitrogen and oxygen atoms in total. The normalized spacial score (nSPS) is 11.9. The molecule has 2 aromatic carbocycles. The van der Waals surface area contributed by atoms with Gasteiger partial charge in [-0.15, -0.1) is 0 Å². The molecule has 0 bridgehead atoms. The van der Waals surface area contributed by atoms with Crippen molar-refractivity contribution in [1.82, 2.24) is 20.4 Å². The van der Waals surface area contributed by atoms with Gasteiger partial charge in [0, 0.05) is 18.3 Å². The first-order valence-electron chi connectivity index (χ1n) is 10.8. The summed E-state index contributed by atoms with van der Waals surface area (Å²) >= 11 is 0. The highest BCUT2D eigenvalue weighted by Gasteiger charge is 2.39. The van der Waals surface area contributed by atoms with E-state index in [1.807, 2.05) is 0 Å². The first-order valence-corrected chi connectivity index (χ1v) is 10.8. The molecular weight excluding hydrogens is 481 g/mol. The van der Waals surface area contributed by atoms with Crippen molar-refractivity contribution >= 4 is 17.8 Å². The van der Waals surface area contributed by atoms with Gasteiger partial charge in [0.15, 0.2) is 5.69 Å². The molecule has 1 aromatic heterocycles. The Morgan fingerprint density at radius 2 is 1.69 bits per heavy atom. The third-order valence-electron chi connectivity index (χ3n) is 4.93. The lowest BCUT2D eigenvalue weighted by Crippen LogP contribution is -2.49. The third kappa shape index (κ3) is 6.40. The van der Waals surface area contributed by atoms with Gasteiger partial charge in [0.25, 0.3) is 11.8 Å². The molecular formula is C24H23F3N4O5. The fourth-order valence-electron chi connectivity index (χ4n) is 3.20. The van der Waals surface area contributed by atoms with E-state index < -0.39 is 47.8 Å². The summed E-state index contributed by atoms with van der Waals surface area (Å²) in [5.74, 6) is -2.14. The fourth-order valence-corrected chi connectivity index (χ4v) is 3.20. The topological polar surface area (TPSA) is 112 Å². The van der Waals surface area contributed by atoms with E-state index in [2.05, 4.69) is 20.5 Å². The van der Waals surface area contributed by atoms with E-state index in [4.69, 9.17) is 4.74 Å². The number of hydrogen-bond acceptors (Lipinski definition) is 6. The number of amides is 2. The number of carbonyl (C=O) groups is 3. The molecule has 1 unspecified atom stereocenters. The number of benzene rings is 2. The van der Waals surface area contributed by atoms with Gasteiger partial charge in [-0.05, 0) is 43.3 Å². The molecule has 2 amide bonds. The Morgan fingerprint density at radius 1 is 1.03 bits per heavy atom. The van der Waals surface area contributed by atoms with Gasteiger partial charge in [-0.1, -0.05) is 18.2 Å². The van der Waals surface area contributed by atoms with Crippen LogP contribution in [0.1, 0.15) is 33.3 Å². The Labute approximate surface area is 204 Å². The second-order valence-electron chi connectivity index (χ2n) is 7.39. The minimum Gasteiger partial charge on any atom is -0.494 e. The predicted molar refractivity (Wildman–Crippen MR) is 122 cm³/mol. The molecule has 0 radical (unpaired) electrons. The van der Waals surface area contributed by atoms with Crippen molar-refractivity contribution in [3.05, 3.63) is 77.6 Å². The van der Waals surface area contributed by atoms with Crippen LogP contribution in [0.25, 0.3) is 5.69 Å². The van der Waals surface area contributed by atoms with Crippen LogP contribution >= 0.6 is 0 Å². The quantitative estimate of drug-likeness (QED) is 0.434. The molecule has 0 spiro atoms. The molecule has 2 N–H and O–H groups in total. The lowest BCUT2D eigenvalue weighted by Gasteiger charge is -2.17. The van der Waals surface area contributed by atoms with E-state index in [9.17, 15) is 27.6 Å². The van der Waals surface area contributed by atoms with Crippen molar-refractivity contribution in [2.45, 2.75) is 19.1 Å². The zero-order valence-electron chi connectivity index (χ0n) is 19.3. The minimum absolute atomic E-state index is 0.196. The van der Waals surface area contributed by atoms with E-state index in [-0.39, 0.29) is 5.56 Å². The van der Waals surface area contributed by atoms with Gasteiger partial charge in [-0.25, -0.2) is 9.48 Å². The molecule has 12 heteroatoms. The number of aromatic nitrogens is 2. The molecule has 1 atom stereocenters. The Bertz CT molecular complexity index is 1210. The van der Waals surface area contributed by atoms with Crippen molar-refractivity contribution in [1.29, 1.82) is 0 Å². The SMILES string of the molecule is CCOc1ccc(C(=O)NC(CNC(=O)c2cn(-c3ccccc3)nc2C(F)(F)F)C(=O)OC)cc1. The number of halogens is 3. The number of nitrogens with zero attached hydrogens (tertiary/aromatic N) is 2. The summed E-state index contributed by atoms with van der Waals surface area (Å²) in [4.78, 5) is 37.4. The van der Waals surface area contributed by atoms with Crippen LogP contribution in [0.4, 0.5) is 13.2 Å². The maximum absolute atomic E-state index is 13.6. The largest absolute Gasteiger partial charge is 0.494 e. The van der Waals surface area contributed by atoms with Gasteiger partial charge in [0.2, 0.25) is 0 Å². The number of rotatable bonds is 9. The van der Waals surface area contributed by atoms with E-state index in [1.54, 1.807) is 37.3 Å². The van der Waals surface area contributed by atoms with Gasteiger partial charge in [0.05, 0.1) is 25.0 Å². The number of nitrogens with one attached hydrogen (secondary N) is 2. The maximum Gasteiger partial charge on any atom is 0.435 e. The first-order chi connectivity index (χ1) is 17.1. The molecule has 0 aliphatic carbocycles. The van der Waals surface area contributed by atoms with Crippen molar-refractivity contribution in [3.8, 4) is 11.4 Å². The number of methoxy groups -OCH3 is 1. The van der Waals surface area contributed by atoms with E-state index >= 15 is 0 Å². The first kappa shape index (κ1) is 26.3. The van der Waals surface area contributed by atoms with Gasteiger partial charge < -0.3 is 20.1 Å². The number of hydrogen-bond donors (Lipinski definition) is 2. The molecule has 0 aliphatic rings. The van der Waals surface area contributed by atoms with Crippen molar-refractivity contribution in [2.24, 2.45) is 0 Å². The zero-order valence-corrected chi connectivity index (χ0v) is 19.3. The van der Waals surface area contributed by atoms with Crippen molar-refractivity contribution in [3.63, 3.8) is 0 Å². The zero-order chi connectivity index (χ0) is 26.3. The second-order valence-corrected chi connectivity index (χ2v) is 7.39. The van der Waals surface area contributed by atoms with Gasteiger partial charge in [-0.3, -0.25) is 9.59 Å². The average Bonchev–Trinajstić information content (AvgIpc) is 3.33. The highest BCUT2D eigenvalue weighted by atomic mass is 19.4. The predicted octanol–water partition coefficient (Wildman–Crippen LogP) is 2.99. The molecule has 1 heterocycles. The Balaban J connectivity index is 1.76. The van der Waals surface area contributed by atoms with Crippen LogP contribution in [0, 0.1) is 0 Å². The van der Waals surface area contributed by atoms with Crippen LogP contribution in [0.5, 0.6) is 5.75 Å². The standard InChI is InChI=1S/C24H23F3N4O5/c1-3-36-17-11-9-15(10-12-17)21(32)29-19(23(34)35-2)13-28-22(33)18-14-31(16-7-5-4-6-8-16)30-20(18)24(25,26)27/h4-12,14,19H,3,13H2,1-2H3,(H,28,33)(H,29,32). The smallest absolute Gasteiger partial charge is 0.435 e. The minimum atomic E-state index is -4.91. The number of esters is 1. The van der Waals surface area contributed by atoms with Gasteiger partial charge in [0.1, 0.15) is 11.8 Å². The number of para-hydroxylation sites is 1. The summed E-state index contributed by atoms with van der Waals surface area (Å²) < 4.78 is 51.6. The van der Waals surface area contributed by atoms with E-state index in [0.717, 1.165) is 18.0 Å². The Hall–Kier alpha value is -4.35. The molecule has 3 aromatic rings.